The Bertz CT molecular complexity index is 678. The quantitative estimate of drug-likeness (QED) is 0.313. The van der Waals surface area contributed by atoms with Gasteiger partial charge in [0.25, 0.3) is 0 Å². The van der Waals surface area contributed by atoms with E-state index in [9.17, 15) is 9.59 Å². The third kappa shape index (κ3) is 7.61. The molecule has 156 valence electrons. The predicted molar refractivity (Wildman–Crippen MR) is 122 cm³/mol. The number of carbonyl (C=O) groups excluding carboxylic acids is 2. The van der Waals surface area contributed by atoms with Crippen molar-refractivity contribution >= 4 is 47.6 Å². The second-order valence-corrected chi connectivity index (χ2v) is 7.09. The summed E-state index contributed by atoms with van der Waals surface area (Å²) in [5.74, 6) is 1.28. The van der Waals surface area contributed by atoms with Crippen LogP contribution in [-0.2, 0) is 9.59 Å². The van der Waals surface area contributed by atoms with Crippen LogP contribution in [0.1, 0.15) is 32.3 Å². The maximum absolute atomic E-state index is 12.1. The molecule has 1 aromatic rings. The fraction of sp³-hybridized carbons (Fsp3) is 0.579. The van der Waals surface area contributed by atoms with E-state index in [0.717, 1.165) is 18.5 Å². The lowest BCUT2D eigenvalue weighted by atomic mass is 10.2. The number of guanidine groups is 1. The first kappa shape index (κ1) is 24.1. The summed E-state index contributed by atoms with van der Waals surface area (Å²) in [6, 6.07) is 3.86. The molecule has 28 heavy (non-hydrogen) atoms. The normalized spacial score (nSPS) is 16.5. The first-order valence-electron chi connectivity index (χ1n) is 9.37. The number of nitrogens with one attached hydrogen (secondary N) is 3. The van der Waals surface area contributed by atoms with Crippen molar-refractivity contribution in [1.29, 1.82) is 0 Å². The Labute approximate surface area is 184 Å². The summed E-state index contributed by atoms with van der Waals surface area (Å²) < 4.78 is 0. The maximum atomic E-state index is 12.1. The van der Waals surface area contributed by atoms with E-state index in [2.05, 4.69) is 25.9 Å². The smallest absolute Gasteiger partial charge is 0.227 e. The van der Waals surface area contributed by atoms with E-state index >= 15 is 0 Å². The average molecular weight is 502 g/mol. The monoisotopic (exact) mass is 502 g/mol. The zero-order chi connectivity index (χ0) is 19.8. The molecule has 1 unspecified atom stereocenters. The Kier molecular flexibility index (Phi) is 10.2. The number of likely N-dealkylation sites (tertiary alicyclic amines) is 1. The molecule has 2 amide bonds. The Hall–Kier alpha value is -1.91. The largest absolute Gasteiger partial charge is 0.356 e. The minimum Gasteiger partial charge on any atom is -0.356 e. The number of aromatic nitrogens is 1. The fourth-order valence-corrected chi connectivity index (χ4v) is 2.87. The van der Waals surface area contributed by atoms with Gasteiger partial charge in [0.05, 0.1) is 0 Å². The number of halogens is 1. The van der Waals surface area contributed by atoms with Gasteiger partial charge in [-0.05, 0) is 25.0 Å². The number of pyridine rings is 1. The highest BCUT2D eigenvalue weighted by Crippen LogP contribution is 2.12. The summed E-state index contributed by atoms with van der Waals surface area (Å²) in [5, 5.41) is 9.23. The average Bonchev–Trinajstić information content (AvgIpc) is 3.10. The van der Waals surface area contributed by atoms with Gasteiger partial charge in [0.1, 0.15) is 5.82 Å². The fourth-order valence-electron chi connectivity index (χ4n) is 2.87. The molecular weight excluding hydrogens is 471 g/mol. The summed E-state index contributed by atoms with van der Waals surface area (Å²) in [6.07, 6.45) is 2.91. The number of aryl methyl sites for hydroxylation is 1. The van der Waals surface area contributed by atoms with E-state index in [1.165, 1.54) is 0 Å². The van der Waals surface area contributed by atoms with Crippen LogP contribution in [0.5, 0.6) is 0 Å². The summed E-state index contributed by atoms with van der Waals surface area (Å²) in [5.41, 5.74) is 1.05. The maximum Gasteiger partial charge on any atom is 0.227 e. The molecular formula is C19H31IN6O2. The van der Waals surface area contributed by atoms with E-state index < -0.39 is 0 Å². The molecule has 2 heterocycles. The Morgan fingerprint density at radius 1 is 1.36 bits per heavy atom. The summed E-state index contributed by atoms with van der Waals surface area (Å²) in [7, 11) is 1.69. The number of amides is 2. The molecule has 0 aliphatic carbocycles. The topological polar surface area (TPSA) is 98.7 Å². The Morgan fingerprint density at radius 3 is 2.71 bits per heavy atom. The van der Waals surface area contributed by atoms with Gasteiger partial charge in [-0.3, -0.25) is 14.6 Å². The van der Waals surface area contributed by atoms with Crippen molar-refractivity contribution in [2.75, 3.05) is 32.0 Å². The van der Waals surface area contributed by atoms with Crippen LogP contribution in [0.2, 0.25) is 0 Å². The van der Waals surface area contributed by atoms with Gasteiger partial charge in [0, 0.05) is 51.3 Å². The van der Waals surface area contributed by atoms with Crippen LogP contribution in [0.15, 0.2) is 23.3 Å². The lowest BCUT2D eigenvalue weighted by Gasteiger charge is -2.20. The second-order valence-electron chi connectivity index (χ2n) is 7.09. The SMILES string of the molecule is CN=C(NCCC(=O)Nc1ccc(C)cn1)NC1CCN(C(=O)C(C)C)C1.I. The number of rotatable bonds is 6. The zero-order valence-electron chi connectivity index (χ0n) is 17.0. The molecule has 1 fully saturated rings. The summed E-state index contributed by atoms with van der Waals surface area (Å²) >= 11 is 0. The molecule has 0 radical (unpaired) electrons. The lowest BCUT2D eigenvalue weighted by molar-refractivity contribution is -0.133. The van der Waals surface area contributed by atoms with Gasteiger partial charge in [0.2, 0.25) is 11.8 Å². The first-order chi connectivity index (χ1) is 12.9. The molecule has 1 atom stereocenters. The van der Waals surface area contributed by atoms with Crippen LogP contribution in [-0.4, -0.2) is 60.4 Å². The van der Waals surface area contributed by atoms with E-state index in [1.807, 2.05) is 31.7 Å². The molecule has 1 aromatic heterocycles. The summed E-state index contributed by atoms with van der Waals surface area (Å²) in [6.45, 7) is 7.68. The van der Waals surface area contributed by atoms with Crippen LogP contribution in [0.25, 0.3) is 0 Å². The van der Waals surface area contributed by atoms with Crippen molar-refractivity contribution in [3.63, 3.8) is 0 Å². The number of anilines is 1. The summed E-state index contributed by atoms with van der Waals surface area (Å²) in [4.78, 5) is 34.3. The number of hydrogen-bond donors (Lipinski definition) is 3. The Morgan fingerprint density at radius 2 is 2.11 bits per heavy atom. The predicted octanol–water partition coefficient (Wildman–Crippen LogP) is 1.76. The first-order valence-corrected chi connectivity index (χ1v) is 9.37. The van der Waals surface area contributed by atoms with Crippen molar-refractivity contribution in [3.8, 4) is 0 Å². The number of hydrogen-bond acceptors (Lipinski definition) is 4. The van der Waals surface area contributed by atoms with Gasteiger partial charge in [-0.25, -0.2) is 4.98 Å². The molecule has 0 spiro atoms. The van der Waals surface area contributed by atoms with E-state index in [1.54, 1.807) is 19.3 Å². The molecule has 2 rings (SSSR count). The molecule has 1 aliphatic heterocycles. The van der Waals surface area contributed by atoms with Gasteiger partial charge in [-0.1, -0.05) is 19.9 Å². The van der Waals surface area contributed by atoms with E-state index in [0.29, 0.717) is 31.3 Å². The van der Waals surface area contributed by atoms with Crippen LogP contribution in [0, 0.1) is 12.8 Å². The molecule has 0 aromatic carbocycles. The Balaban J connectivity index is 0.00000392. The number of aliphatic imine (C=N–C) groups is 1. The third-order valence-electron chi connectivity index (χ3n) is 4.38. The molecule has 3 N–H and O–H groups in total. The molecule has 9 heteroatoms. The van der Waals surface area contributed by atoms with Gasteiger partial charge in [0.15, 0.2) is 5.96 Å². The molecule has 0 saturated carbocycles. The molecule has 0 bridgehead atoms. The van der Waals surface area contributed by atoms with Crippen molar-refractivity contribution in [1.82, 2.24) is 20.5 Å². The van der Waals surface area contributed by atoms with Crippen LogP contribution in [0.4, 0.5) is 5.82 Å². The highest BCUT2D eigenvalue weighted by molar-refractivity contribution is 14.0. The van der Waals surface area contributed by atoms with Crippen LogP contribution >= 0.6 is 24.0 Å². The highest BCUT2D eigenvalue weighted by Gasteiger charge is 2.27. The van der Waals surface area contributed by atoms with Crippen molar-refractivity contribution < 1.29 is 9.59 Å². The van der Waals surface area contributed by atoms with E-state index in [4.69, 9.17) is 0 Å². The standard InChI is InChI=1S/C19H30N6O2.HI/c1-13(2)18(27)25-10-8-15(12-25)23-19(20-4)21-9-7-17(26)24-16-6-5-14(3)11-22-16;/h5-6,11,13,15H,7-10,12H2,1-4H3,(H2,20,21,23)(H,22,24,26);1H. The highest BCUT2D eigenvalue weighted by atomic mass is 127. The van der Waals surface area contributed by atoms with Crippen molar-refractivity contribution in [3.05, 3.63) is 23.9 Å². The van der Waals surface area contributed by atoms with E-state index in [-0.39, 0.29) is 47.8 Å². The minimum absolute atomic E-state index is 0. The number of carbonyl (C=O) groups is 2. The minimum atomic E-state index is -0.108. The zero-order valence-corrected chi connectivity index (χ0v) is 19.3. The third-order valence-corrected chi connectivity index (χ3v) is 4.38. The van der Waals surface area contributed by atoms with Gasteiger partial charge in [-0.15, -0.1) is 24.0 Å². The molecule has 1 saturated heterocycles. The van der Waals surface area contributed by atoms with Gasteiger partial charge >= 0.3 is 0 Å². The second kappa shape index (κ2) is 11.8. The van der Waals surface area contributed by atoms with Crippen molar-refractivity contribution in [2.45, 2.75) is 39.7 Å². The molecule has 8 nitrogen and oxygen atoms in total. The number of nitrogens with zero attached hydrogens (tertiary/aromatic N) is 3. The van der Waals surface area contributed by atoms with Gasteiger partial charge < -0.3 is 20.9 Å². The molecule has 1 aliphatic rings. The van der Waals surface area contributed by atoms with Crippen LogP contribution in [0.3, 0.4) is 0 Å². The van der Waals surface area contributed by atoms with Crippen molar-refractivity contribution in [2.24, 2.45) is 10.9 Å². The van der Waals surface area contributed by atoms with Crippen LogP contribution < -0.4 is 16.0 Å². The lowest BCUT2D eigenvalue weighted by Crippen LogP contribution is -2.45. The van der Waals surface area contributed by atoms with Gasteiger partial charge in [-0.2, -0.15) is 0 Å².